The molecule has 1 aliphatic rings. The van der Waals surface area contributed by atoms with Gasteiger partial charge < -0.3 is 20.3 Å². The maximum Gasteiger partial charge on any atom is 0.410 e. The van der Waals surface area contributed by atoms with Gasteiger partial charge in [0.15, 0.2) is 5.96 Å². The van der Waals surface area contributed by atoms with Crippen LogP contribution < -0.4 is 15.8 Å². The van der Waals surface area contributed by atoms with E-state index in [2.05, 4.69) is 15.6 Å². The summed E-state index contributed by atoms with van der Waals surface area (Å²) in [5.74, 6) is 0.597. The number of primary sulfonamides is 1. The second-order valence-electron chi connectivity index (χ2n) is 7.34. The quantitative estimate of drug-likeness (QED) is 0.505. The fourth-order valence-corrected chi connectivity index (χ4v) is 2.93. The number of amides is 1. The molecule has 0 unspecified atom stereocenters. The van der Waals surface area contributed by atoms with Gasteiger partial charge in [0.1, 0.15) is 5.60 Å². The van der Waals surface area contributed by atoms with Gasteiger partial charge in [0.2, 0.25) is 10.0 Å². The smallest absolute Gasteiger partial charge is 0.410 e. The minimum Gasteiger partial charge on any atom is -0.444 e. The highest BCUT2D eigenvalue weighted by atomic mass is 32.2. The van der Waals surface area contributed by atoms with Crippen molar-refractivity contribution in [3.05, 3.63) is 29.8 Å². The number of guanidine groups is 1. The molecule has 0 atom stereocenters. The largest absolute Gasteiger partial charge is 0.444 e. The van der Waals surface area contributed by atoms with Gasteiger partial charge >= 0.3 is 6.09 Å². The molecule has 0 bridgehead atoms. The number of hydrogen-bond acceptors (Lipinski definition) is 5. The van der Waals surface area contributed by atoms with E-state index in [1.54, 1.807) is 24.1 Å². The number of carbonyl (C=O) groups is 1. The van der Waals surface area contributed by atoms with Crippen molar-refractivity contribution in [2.45, 2.75) is 43.9 Å². The van der Waals surface area contributed by atoms with E-state index >= 15 is 0 Å². The molecule has 0 aliphatic carbocycles. The van der Waals surface area contributed by atoms with Gasteiger partial charge in [0.25, 0.3) is 0 Å². The summed E-state index contributed by atoms with van der Waals surface area (Å²) in [5.41, 5.74) is 0.376. The van der Waals surface area contributed by atoms with Gasteiger partial charge in [-0.05, 0) is 38.5 Å². The first-order valence-electron chi connectivity index (χ1n) is 8.55. The summed E-state index contributed by atoms with van der Waals surface area (Å²) in [7, 11) is -2.03. The molecule has 4 N–H and O–H groups in total. The average molecular weight is 398 g/mol. The lowest BCUT2D eigenvalue weighted by Crippen LogP contribution is -2.63. The maximum absolute atomic E-state index is 11.9. The molecule has 1 aromatic carbocycles. The predicted molar refractivity (Wildman–Crippen MR) is 103 cm³/mol. The summed E-state index contributed by atoms with van der Waals surface area (Å²) in [6, 6.07) is 6.40. The predicted octanol–water partition coefficient (Wildman–Crippen LogP) is 0.618. The third-order valence-electron chi connectivity index (χ3n) is 3.81. The Morgan fingerprint density at radius 3 is 2.37 bits per heavy atom. The molecule has 150 valence electrons. The van der Waals surface area contributed by atoms with E-state index in [0.29, 0.717) is 25.6 Å². The number of rotatable bonds is 4. The second kappa shape index (κ2) is 8.13. The van der Waals surface area contributed by atoms with Crippen LogP contribution in [0.2, 0.25) is 0 Å². The summed E-state index contributed by atoms with van der Waals surface area (Å²) < 4.78 is 27.9. The highest BCUT2D eigenvalue weighted by Crippen LogP contribution is 2.15. The summed E-state index contributed by atoms with van der Waals surface area (Å²) in [6.45, 7) is 7.05. The van der Waals surface area contributed by atoms with Gasteiger partial charge in [-0.15, -0.1) is 0 Å². The van der Waals surface area contributed by atoms with Crippen LogP contribution in [-0.4, -0.2) is 57.2 Å². The Bertz CT molecular complexity index is 794. The molecule has 10 heteroatoms. The molecule has 0 aromatic heterocycles. The van der Waals surface area contributed by atoms with Crippen molar-refractivity contribution in [3.8, 4) is 0 Å². The lowest BCUT2D eigenvalue weighted by molar-refractivity contribution is 0.00701. The van der Waals surface area contributed by atoms with Crippen LogP contribution in [0.15, 0.2) is 34.2 Å². The minimum atomic E-state index is -3.69. The van der Waals surface area contributed by atoms with Crippen LogP contribution in [0.5, 0.6) is 0 Å². The SMILES string of the molecule is CN=C(NCc1ccc(S(N)(=O)=O)cc1)NC1CN(C(=O)OC(C)(C)C)C1. The Morgan fingerprint density at radius 2 is 1.89 bits per heavy atom. The van der Waals surface area contributed by atoms with Crippen LogP contribution in [0.1, 0.15) is 26.3 Å². The molecule has 0 saturated carbocycles. The van der Waals surface area contributed by atoms with E-state index < -0.39 is 15.6 Å². The minimum absolute atomic E-state index is 0.0745. The lowest BCUT2D eigenvalue weighted by Gasteiger charge is -2.40. The Morgan fingerprint density at radius 1 is 1.30 bits per heavy atom. The molecule has 2 rings (SSSR count). The van der Waals surface area contributed by atoms with Crippen molar-refractivity contribution in [1.29, 1.82) is 0 Å². The zero-order valence-electron chi connectivity index (χ0n) is 16.0. The molecule has 1 amide bonds. The van der Waals surface area contributed by atoms with Crippen LogP contribution in [0, 0.1) is 0 Å². The molecule has 1 aromatic rings. The van der Waals surface area contributed by atoms with Crippen molar-refractivity contribution in [2.75, 3.05) is 20.1 Å². The zero-order chi connectivity index (χ0) is 20.2. The average Bonchev–Trinajstić information content (AvgIpc) is 2.51. The van der Waals surface area contributed by atoms with Gasteiger partial charge in [0.05, 0.1) is 10.9 Å². The Hall–Kier alpha value is -2.33. The van der Waals surface area contributed by atoms with Crippen LogP contribution in [0.25, 0.3) is 0 Å². The summed E-state index contributed by atoms with van der Waals surface area (Å²) >= 11 is 0. The highest BCUT2D eigenvalue weighted by Gasteiger charge is 2.34. The molecular weight excluding hydrogens is 370 g/mol. The maximum atomic E-state index is 11.9. The number of ether oxygens (including phenoxy) is 1. The number of sulfonamides is 1. The van der Waals surface area contributed by atoms with E-state index in [0.717, 1.165) is 5.56 Å². The number of aliphatic imine (C=N–C) groups is 1. The third kappa shape index (κ3) is 6.40. The van der Waals surface area contributed by atoms with Crippen molar-refractivity contribution in [1.82, 2.24) is 15.5 Å². The first kappa shape index (κ1) is 21.0. The third-order valence-corrected chi connectivity index (χ3v) is 4.74. The molecule has 0 radical (unpaired) electrons. The van der Waals surface area contributed by atoms with Crippen LogP contribution in [-0.2, 0) is 21.3 Å². The van der Waals surface area contributed by atoms with Crippen LogP contribution >= 0.6 is 0 Å². The molecule has 0 spiro atoms. The van der Waals surface area contributed by atoms with Gasteiger partial charge in [0, 0.05) is 26.7 Å². The van der Waals surface area contributed by atoms with Gasteiger partial charge in [-0.1, -0.05) is 12.1 Å². The molecular formula is C17H27N5O4S. The van der Waals surface area contributed by atoms with Crippen molar-refractivity contribution >= 4 is 22.1 Å². The summed E-state index contributed by atoms with van der Waals surface area (Å²) in [6.07, 6.45) is -0.321. The molecule has 1 heterocycles. The second-order valence-corrected chi connectivity index (χ2v) is 8.90. The van der Waals surface area contributed by atoms with E-state index in [-0.39, 0.29) is 17.0 Å². The fraction of sp³-hybridized carbons (Fsp3) is 0.529. The first-order valence-corrected chi connectivity index (χ1v) is 10.1. The molecule has 9 nitrogen and oxygen atoms in total. The van der Waals surface area contributed by atoms with Gasteiger partial charge in [-0.3, -0.25) is 4.99 Å². The zero-order valence-corrected chi connectivity index (χ0v) is 16.8. The van der Waals surface area contributed by atoms with Gasteiger partial charge in [-0.25, -0.2) is 18.4 Å². The summed E-state index contributed by atoms with van der Waals surface area (Å²) in [4.78, 5) is 17.8. The van der Waals surface area contributed by atoms with Crippen LogP contribution in [0.4, 0.5) is 4.79 Å². The monoisotopic (exact) mass is 397 g/mol. The summed E-state index contributed by atoms with van der Waals surface area (Å²) in [5, 5.41) is 11.5. The normalized spacial score (nSPS) is 15.9. The standard InChI is InChI=1S/C17H27N5O4S/c1-17(2,3)26-16(23)22-10-13(11-22)21-15(19-4)20-9-12-5-7-14(8-6-12)27(18,24)25/h5-8,13H,9-11H2,1-4H3,(H2,18,24,25)(H2,19,20,21). The van der Waals surface area contributed by atoms with E-state index in [1.165, 1.54) is 12.1 Å². The topological polar surface area (TPSA) is 126 Å². The van der Waals surface area contributed by atoms with Crippen molar-refractivity contribution in [3.63, 3.8) is 0 Å². The molecule has 1 saturated heterocycles. The number of nitrogens with two attached hydrogens (primary N) is 1. The Balaban J connectivity index is 1.78. The first-order chi connectivity index (χ1) is 12.5. The lowest BCUT2D eigenvalue weighted by atomic mass is 10.1. The molecule has 1 fully saturated rings. The number of nitrogens with zero attached hydrogens (tertiary/aromatic N) is 2. The Labute approximate surface area is 160 Å². The number of likely N-dealkylation sites (tertiary alicyclic amines) is 1. The van der Waals surface area contributed by atoms with Crippen LogP contribution in [0.3, 0.4) is 0 Å². The number of benzene rings is 1. The molecule has 1 aliphatic heterocycles. The number of nitrogens with one attached hydrogen (secondary N) is 2. The number of hydrogen-bond donors (Lipinski definition) is 3. The molecule has 27 heavy (non-hydrogen) atoms. The highest BCUT2D eigenvalue weighted by molar-refractivity contribution is 7.89. The number of carbonyl (C=O) groups excluding carboxylic acids is 1. The van der Waals surface area contributed by atoms with Gasteiger partial charge in [-0.2, -0.15) is 0 Å². The van der Waals surface area contributed by atoms with Crippen molar-refractivity contribution < 1.29 is 17.9 Å². The van der Waals surface area contributed by atoms with E-state index in [1.807, 2.05) is 20.8 Å². The van der Waals surface area contributed by atoms with E-state index in [9.17, 15) is 13.2 Å². The van der Waals surface area contributed by atoms with E-state index in [4.69, 9.17) is 9.88 Å². The Kier molecular flexibility index (Phi) is 6.32. The van der Waals surface area contributed by atoms with Crippen molar-refractivity contribution in [2.24, 2.45) is 10.1 Å². The fourth-order valence-electron chi connectivity index (χ4n) is 2.42.